The van der Waals surface area contributed by atoms with Gasteiger partial charge >= 0.3 is 4.87 Å². The Balaban J connectivity index is 0.00000192. The van der Waals surface area contributed by atoms with E-state index in [0.717, 1.165) is 34.6 Å². The smallest absolute Gasteiger partial charge is 0.308 e. The van der Waals surface area contributed by atoms with Crippen LogP contribution in [0.15, 0.2) is 23.0 Å². The van der Waals surface area contributed by atoms with Crippen molar-refractivity contribution < 1.29 is 4.79 Å². The van der Waals surface area contributed by atoms with Gasteiger partial charge in [0.15, 0.2) is 0 Å². The van der Waals surface area contributed by atoms with E-state index < -0.39 is 0 Å². The molecule has 2 heterocycles. The van der Waals surface area contributed by atoms with Crippen molar-refractivity contribution in [2.45, 2.75) is 6.54 Å². The predicted molar refractivity (Wildman–Crippen MR) is 95.6 cm³/mol. The molecule has 0 spiro atoms. The summed E-state index contributed by atoms with van der Waals surface area (Å²) in [6.07, 6.45) is 0. The number of rotatable bonds is 3. The van der Waals surface area contributed by atoms with Gasteiger partial charge in [0.05, 0.1) is 10.2 Å². The van der Waals surface area contributed by atoms with Crippen LogP contribution in [-0.4, -0.2) is 53.6 Å². The largest absolute Gasteiger partial charge is 0.338 e. The van der Waals surface area contributed by atoms with Crippen LogP contribution in [0, 0.1) is 0 Å². The molecule has 1 aliphatic rings. The molecule has 0 atom stereocenters. The SMILES string of the molecule is CNN1CCN(C(=O)Cn2c(=O)sc3ccc(Cl)cc32)CC1.Cl. The number of fused-ring (bicyclic) bond motifs is 1. The van der Waals surface area contributed by atoms with Gasteiger partial charge in [0.25, 0.3) is 0 Å². The molecule has 2 aromatic rings. The Morgan fingerprint density at radius 1 is 1.30 bits per heavy atom. The van der Waals surface area contributed by atoms with Gasteiger partial charge in [0, 0.05) is 31.2 Å². The van der Waals surface area contributed by atoms with Gasteiger partial charge in [-0.15, -0.1) is 12.4 Å². The van der Waals surface area contributed by atoms with Gasteiger partial charge in [-0.05, 0) is 25.2 Å². The lowest BCUT2D eigenvalue weighted by Gasteiger charge is -2.34. The van der Waals surface area contributed by atoms with Gasteiger partial charge in [-0.3, -0.25) is 19.6 Å². The van der Waals surface area contributed by atoms with E-state index in [4.69, 9.17) is 11.6 Å². The monoisotopic (exact) mass is 376 g/mol. The Bertz CT molecular complexity index is 753. The molecule has 3 rings (SSSR count). The molecule has 1 aromatic carbocycles. The molecule has 1 saturated heterocycles. The Morgan fingerprint density at radius 3 is 2.65 bits per heavy atom. The summed E-state index contributed by atoms with van der Waals surface area (Å²) in [6.45, 7) is 2.97. The van der Waals surface area contributed by atoms with E-state index in [2.05, 4.69) is 10.4 Å². The second-order valence-corrected chi connectivity index (χ2v) is 6.59. The molecular formula is C14H18Cl2N4O2S. The van der Waals surface area contributed by atoms with Crippen molar-refractivity contribution >= 4 is 51.5 Å². The highest BCUT2D eigenvalue weighted by Crippen LogP contribution is 2.21. The topological polar surface area (TPSA) is 57.6 Å². The van der Waals surface area contributed by atoms with Crippen LogP contribution in [0.4, 0.5) is 0 Å². The van der Waals surface area contributed by atoms with E-state index in [1.165, 1.54) is 4.57 Å². The number of aromatic nitrogens is 1. The zero-order valence-electron chi connectivity index (χ0n) is 12.6. The van der Waals surface area contributed by atoms with Crippen LogP contribution in [0.5, 0.6) is 0 Å². The van der Waals surface area contributed by atoms with Crippen molar-refractivity contribution in [3.63, 3.8) is 0 Å². The van der Waals surface area contributed by atoms with E-state index >= 15 is 0 Å². The summed E-state index contributed by atoms with van der Waals surface area (Å²) < 4.78 is 2.36. The minimum absolute atomic E-state index is 0. The Hall–Kier alpha value is -1.12. The molecule has 1 aliphatic heterocycles. The van der Waals surface area contributed by atoms with Gasteiger partial charge in [-0.1, -0.05) is 22.9 Å². The molecule has 23 heavy (non-hydrogen) atoms. The zero-order valence-corrected chi connectivity index (χ0v) is 15.0. The number of halogens is 2. The average molecular weight is 377 g/mol. The van der Waals surface area contributed by atoms with Crippen molar-refractivity contribution in [2.24, 2.45) is 0 Å². The molecule has 9 heteroatoms. The quantitative estimate of drug-likeness (QED) is 0.879. The highest BCUT2D eigenvalue weighted by molar-refractivity contribution is 7.16. The van der Waals surface area contributed by atoms with Crippen LogP contribution in [0.2, 0.25) is 5.02 Å². The van der Waals surface area contributed by atoms with Gasteiger partial charge < -0.3 is 4.90 Å². The lowest BCUT2D eigenvalue weighted by molar-refractivity contribution is -0.133. The lowest BCUT2D eigenvalue weighted by atomic mass is 10.3. The summed E-state index contributed by atoms with van der Waals surface area (Å²) >= 11 is 7.14. The highest BCUT2D eigenvalue weighted by Gasteiger charge is 2.21. The normalized spacial score (nSPS) is 15.7. The number of hydrogen-bond acceptors (Lipinski definition) is 5. The number of benzene rings is 1. The number of hydrogen-bond donors (Lipinski definition) is 1. The van der Waals surface area contributed by atoms with Crippen LogP contribution < -0.4 is 10.3 Å². The standard InChI is InChI=1S/C14H17ClN4O2S.ClH/c1-16-18-6-4-17(5-7-18)13(20)9-19-11-8-10(15)2-3-12(11)22-14(19)21;/h2-3,8,16H,4-7,9H2,1H3;1H. The number of amides is 1. The molecule has 0 unspecified atom stereocenters. The van der Waals surface area contributed by atoms with E-state index in [1.54, 1.807) is 17.0 Å². The molecule has 0 bridgehead atoms. The zero-order chi connectivity index (χ0) is 15.7. The van der Waals surface area contributed by atoms with Crippen molar-refractivity contribution in [3.05, 3.63) is 32.9 Å². The fraction of sp³-hybridized carbons (Fsp3) is 0.429. The summed E-state index contributed by atoms with van der Waals surface area (Å²) in [4.78, 5) is 26.2. The maximum Gasteiger partial charge on any atom is 0.308 e. The summed E-state index contributed by atoms with van der Waals surface area (Å²) in [5.41, 5.74) is 3.80. The molecule has 1 N–H and O–H groups in total. The van der Waals surface area contributed by atoms with E-state index in [0.29, 0.717) is 18.1 Å². The summed E-state index contributed by atoms with van der Waals surface area (Å²) in [5.74, 6) is -0.0301. The predicted octanol–water partition coefficient (Wildman–Crippen LogP) is 1.42. The van der Waals surface area contributed by atoms with Crippen LogP contribution in [0.1, 0.15) is 0 Å². The number of piperazine rings is 1. The number of nitrogens with one attached hydrogen (secondary N) is 1. The molecular weight excluding hydrogens is 359 g/mol. The van der Waals surface area contributed by atoms with Crippen molar-refractivity contribution in [1.29, 1.82) is 0 Å². The number of carbonyl (C=O) groups is 1. The third-order valence-corrected chi connectivity index (χ3v) is 5.07. The molecule has 1 amide bonds. The first-order valence-electron chi connectivity index (χ1n) is 7.07. The van der Waals surface area contributed by atoms with Crippen LogP contribution in [0.25, 0.3) is 10.2 Å². The van der Waals surface area contributed by atoms with Crippen LogP contribution in [0.3, 0.4) is 0 Å². The first-order chi connectivity index (χ1) is 10.6. The highest BCUT2D eigenvalue weighted by atomic mass is 35.5. The van der Waals surface area contributed by atoms with Crippen molar-refractivity contribution in [1.82, 2.24) is 19.9 Å². The van der Waals surface area contributed by atoms with Gasteiger partial charge in [0.2, 0.25) is 5.91 Å². The minimum Gasteiger partial charge on any atom is -0.338 e. The fourth-order valence-corrected chi connectivity index (χ4v) is 3.64. The van der Waals surface area contributed by atoms with E-state index in [1.807, 2.05) is 13.1 Å². The summed E-state index contributed by atoms with van der Waals surface area (Å²) in [7, 11) is 1.87. The maximum absolute atomic E-state index is 12.4. The first kappa shape index (κ1) is 18.2. The summed E-state index contributed by atoms with van der Waals surface area (Å²) in [5, 5.41) is 2.63. The third kappa shape index (κ3) is 3.87. The molecule has 0 radical (unpaired) electrons. The van der Waals surface area contributed by atoms with E-state index in [-0.39, 0.29) is 29.7 Å². The Morgan fingerprint density at radius 2 is 2.00 bits per heavy atom. The Labute approximate surface area is 149 Å². The average Bonchev–Trinajstić information content (AvgIpc) is 2.83. The van der Waals surface area contributed by atoms with E-state index in [9.17, 15) is 9.59 Å². The molecule has 1 fully saturated rings. The molecule has 1 aromatic heterocycles. The maximum atomic E-state index is 12.4. The minimum atomic E-state index is -0.125. The molecule has 126 valence electrons. The second kappa shape index (κ2) is 7.63. The molecule has 6 nitrogen and oxygen atoms in total. The van der Waals surface area contributed by atoms with Gasteiger partial charge in [-0.25, -0.2) is 5.01 Å². The third-order valence-electron chi connectivity index (χ3n) is 3.87. The van der Waals surface area contributed by atoms with Crippen molar-refractivity contribution in [3.8, 4) is 0 Å². The first-order valence-corrected chi connectivity index (χ1v) is 8.27. The number of thiazole rings is 1. The van der Waals surface area contributed by atoms with Crippen LogP contribution >= 0.6 is 35.3 Å². The number of carbonyl (C=O) groups excluding carboxylic acids is 1. The molecule has 0 aliphatic carbocycles. The Kier molecular flexibility index (Phi) is 6.05. The number of nitrogens with zero attached hydrogens (tertiary/aromatic N) is 3. The van der Waals surface area contributed by atoms with Gasteiger partial charge in [0.1, 0.15) is 6.54 Å². The van der Waals surface area contributed by atoms with Crippen LogP contribution in [-0.2, 0) is 11.3 Å². The summed E-state index contributed by atoms with van der Waals surface area (Å²) in [6, 6.07) is 5.31. The van der Waals surface area contributed by atoms with Gasteiger partial charge in [-0.2, -0.15) is 0 Å². The fourth-order valence-electron chi connectivity index (χ4n) is 2.60. The molecule has 0 saturated carbocycles. The second-order valence-electron chi connectivity index (χ2n) is 5.16. The van der Waals surface area contributed by atoms with Crippen molar-refractivity contribution in [2.75, 3.05) is 33.2 Å². The lowest BCUT2D eigenvalue weighted by Crippen LogP contribution is -2.53. The number of hydrazine groups is 1.